The second-order valence-electron chi connectivity index (χ2n) is 4.70. The molecule has 6 nitrogen and oxygen atoms in total. The molecule has 0 atom stereocenters. The van der Waals surface area contributed by atoms with Gasteiger partial charge in [0, 0.05) is 25.2 Å². The number of nitrogens with one attached hydrogen (secondary N) is 1. The highest BCUT2D eigenvalue weighted by Crippen LogP contribution is 2.08. The first kappa shape index (κ1) is 14.5. The third kappa shape index (κ3) is 4.03. The molecule has 1 rings (SSSR count). The number of nitrogens with zero attached hydrogens (tertiary/aromatic N) is 2. The maximum atomic E-state index is 10.6. The lowest BCUT2D eigenvalue weighted by Gasteiger charge is -2.30. The van der Waals surface area contributed by atoms with Crippen molar-refractivity contribution in [3.05, 3.63) is 12.0 Å². The number of hydrogen-bond acceptors (Lipinski definition) is 5. The van der Waals surface area contributed by atoms with E-state index in [1.54, 1.807) is 0 Å². The van der Waals surface area contributed by atoms with Crippen LogP contribution in [0.3, 0.4) is 0 Å². The van der Waals surface area contributed by atoms with Gasteiger partial charge in [0.05, 0.1) is 0 Å². The van der Waals surface area contributed by atoms with Gasteiger partial charge in [-0.25, -0.2) is 4.79 Å². The van der Waals surface area contributed by atoms with E-state index < -0.39 is 5.97 Å². The monoisotopic (exact) mass is 255 g/mol. The van der Waals surface area contributed by atoms with Gasteiger partial charge >= 0.3 is 5.97 Å². The van der Waals surface area contributed by atoms with Crippen LogP contribution >= 0.6 is 0 Å². The van der Waals surface area contributed by atoms with Crippen molar-refractivity contribution in [3.63, 3.8) is 0 Å². The van der Waals surface area contributed by atoms with Crippen LogP contribution in [0.2, 0.25) is 0 Å². The summed E-state index contributed by atoms with van der Waals surface area (Å²) >= 11 is 0. The zero-order valence-electron chi connectivity index (χ0n) is 11.3. The molecule has 0 aliphatic rings. The van der Waals surface area contributed by atoms with E-state index in [4.69, 9.17) is 9.52 Å². The van der Waals surface area contributed by atoms with Crippen molar-refractivity contribution in [3.8, 4) is 0 Å². The van der Waals surface area contributed by atoms with Gasteiger partial charge in [-0.05, 0) is 27.7 Å². The molecule has 0 saturated carbocycles. The Bertz CT molecular complexity index is 380. The van der Waals surface area contributed by atoms with Gasteiger partial charge in [0.15, 0.2) is 5.69 Å². The predicted octanol–water partition coefficient (Wildman–Crippen LogP) is 1.90. The molecule has 0 unspecified atom stereocenters. The van der Waals surface area contributed by atoms with E-state index >= 15 is 0 Å². The van der Waals surface area contributed by atoms with Crippen molar-refractivity contribution in [2.75, 3.05) is 18.4 Å². The van der Waals surface area contributed by atoms with Crippen LogP contribution in [0.25, 0.3) is 0 Å². The van der Waals surface area contributed by atoms with Crippen molar-refractivity contribution in [2.24, 2.45) is 0 Å². The highest BCUT2D eigenvalue weighted by atomic mass is 16.4. The molecule has 1 heterocycles. The lowest BCUT2D eigenvalue weighted by atomic mass is 10.2. The van der Waals surface area contributed by atoms with Crippen LogP contribution in [0.4, 0.5) is 6.01 Å². The SMILES string of the molecule is CC(C)N(CCNc1nc(C(=O)O)co1)C(C)C. The van der Waals surface area contributed by atoms with Crippen LogP contribution in [0.5, 0.6) is 0 Å². The molecule has 0 spiro atoms. The van der Waals surface area contributed by atoms with Crippen molar-refractivity contribution in [2.45, 2.75) is 39.8 Å². The van der Waals surface area contributed by atoms with E-state index in [-0.39, 0.29) is 11.7 Å². The summed E-state index contributed by atoms with van der Waals surface area (Å²) in [5.74, 6) is -1.09. The lowest BCUT2D eigenvalue weighted by molar-refractivity contribution is 0.0690. The molecule has 1 aromatic heterocycles. The van der Waals surface area contributed by atoms with Crippen molar-refractivity contribution >= 4 is 12.0 Å². The molecule has 1 aromatic rings. The minimum atomic E-state index is -1.09. The van der Waals surface area contributed by atoms with Crippen LogP contribution in [-0.2, 0) is 0 Å². The number of hydrogen-bond donors (Lipinski definition) is 2. The summed E-state index contributed by atoms with van der Waals surface area (Å²) in [4.78, 5) is 16.7. The van der Waals surface area contributed by atoms with Crippen LogP contribution in [0, 0.1) is 0 Å². The van der Waals surface area contributed by atoms with E-state index in [1.807, 2.05) is 0 Å². The highest BCUT2D eigenvalue weighted by Gasteiger charge is 2.14. The predicted molar refractivity (Wildman–Crippen MR) is 68.9 cm³/mol. The number of carbonyl (C=O) groups is 1. The average Bonchev–Trinajstić information content (AvgIpc) is 2.71. The smallest absolute Gasteiger partial charge is 0.357 e. The molecule has 0 fully saturated rings. The molecular formula is C12H21N3O3. The summed E-state index contributed by atoms with van der Waals surface area (Å²) in [6.07, 6.45) is 1.13. The Hall–Kier alpha value is -1.56. The summed E-state index contributed by atoms with van der Waals surface area (Å²) in [6, 6.07) is 1.18. The average molecular weight is 255 g/mol. The molecule has 2 N–H and O–H groups in total. The Kier molecular flexibility index (Phi) is 5.15. The highest BCUT2D eigenvalue weighted by molar-refractivity contribution is 5.85. The molecule has 0 aliphatic heterocycles. The van der Waals surface area contributed by atoms with Crippen molar-refractivity contribution < 1.29 is 14.3 Å². The second-order valence-corrected chi connectivity index (χ2v) is 4.70. The van der Waals surface area contributed by atoms with Gasteiger partial charge < -0.3 is 14.8 Å². The second kappa shape index (κ2) is 6.39. The van der Waals surface area contributed by atoms with E-state index in [9.17, 15) is 4.79 Å². The fourth-order valence-corrected chi connectivity index (χ4v) is 1.86. The van der Waals surface area contributed by atoms with Gasteiger partial charge in [-0.2, -0.15) is 4.98 Å². The molecule has 18 heavy (non-hydrogen) atoms. The van der Waals surface area contributed by atoms with Crippen LogP contribution in [-0.4, -0.2) is 46.1 Å². The molecule has 0 bridgehead atoms. The third-order valence-corrected chi connectivity index (χ3v) is 2.70. The fraction of sp³-hybridized carbons (Fsp3) is 0.667. The first-order valence-corrected chi connectivity index (χ1v) is 6.10. The summed E-state index contributed by atoms with van der Waals surface area (Å²) in [6.45, 7) is 10.1. The van der Waals surface area contributed by atoms with E-state index in [2.05, 4.69) is 42.9 Å². The first-order chi connectivity index (χ1) is 8.41. The lowest BCUT2D eigenvalue weighted by Crippen LogP contribution is -2.40. The molecule has 0 amide bonds. The summed E-state index contributed by atoms with van der Waals surface area (Å²) in [7, 11) is 0. The number of oxazole rings is 1. The number of aromatic carboxylic acids is 1. The molecule has 0 radical (unpaired) electrons. The molecule has 6 heteroatoms. The standard InChI is InChI=1S/C12H21N3O3/c1-8(2)15(9(3)4)6-5-13-12-14-10(7-18-12)11(16)17/h7-9H,5-6H2,1-4H3,(H,13,14)(H,16,17). The Balaban J connectivity index is 2.42. The number of rotatable bonds is 7. The Morgan fingerprint density at radius 1 is 1.44 bits per heavy atom. The van der Waals surface area contributed by atoms with Gasteiger partial charge in [0.2, 0.25) is 0 Å². The van der Waals surface area contributed by atoms with Crippen LogP contribution < -0.4 is 5.32 Å². The largest absolute Gasteiger partial charge is 0.476 e. The molecule has 0 saturated heterocycles. The Morgan fingerprint density at radius 2 is 2.06 bits per heavy atom. The fourth-order valence-electron chi connectivity index (χ4n) is 1.86. The zero-order chi connectivity index (χ0) is 13.7. The zero-order valence-corrected chi connectivity index (χ0v) is 11.3. The van der Waals surface area contributed by atoms with E-state index in [1.165, 1.54) is 0 Å². The molecule has 0 aliphatic carbocycles. The van der Waals surface area contributed by atoms with Gasteiger partial charge in [0.1, 0.15) is 6.26 Å². The maximum Gasteiger partial charge on any atom is 0.357 e. The van der Waals surface area contributed by atoms with Crippen LogP contribution in [0.1, 0.15) is 38.2 Å². The van der Waals surface area contributed by atoms with Crippen molar-refractivity contribution in [1.29, 1.82) is 0 Å². The van der Waals surface area contributed by atoms with E-state index in [0.717, 1.165) is 12.8 Å². The van der Waals surface area contributed by atoms with E-state index in [0.29, 0.717) is 18.6 Å². The summed E-state index contributed by atoms with van der Waals surface area (Å²) in [5.41, 5.74) is -0.0814. The van der Waals surface area contributed by atoms with Crippen molar-refractivity contribution in [1.82, 2.24) is 9.88 Å². The van der Waals surface area contributed by atoms with Crippen LogP contribution in [0.15, 0.2) is 10.7 Å². The quantitative estimate of drug-likeness (QED) is 0.774. The Labute approximate surface area is 107 Å². The maximum absolute atomic E-state index is 10.6. The van der Waals surface area contributed by atoms with Gasteiger partial charge in [0.25, 0.3) is 6.01 Å². The normalized spacial score (nSPS) is 11.5. The number of anilines is 1. The first-order valence-electron chi connectivity index (χ1n) is 6.10. The minimum Gasteiger partial charge on any atom is -0.476 e. The number of carboxylic acids is 1. The molecule has 0 aromatic carbocycles. The number of aromatic nitrogens is 1. The molecular weight excluding hydrogens is 234 g/mol. The summed E-state index contributed by atoms with van der Waals surface area (Å²) < 4.78 is 5.01. The minimum absolute atomic E-state index is 0.0814. The Morgan fingerprint density at radius 3 is 2.50 bits per heavy atom. The number of carboxylic acid groups (broad SMARTS) is 1. The summed E-state index contributed by atoms with van der Waals surface area (Å²) in [5, 5.41) is 11.7. The van der Waals surface area contributed by atoms with Gasteiger partial charge in [-0.3, -0.25) is 4.90 Å². The van der Waals surface area contributed by atoms with Gasteiger partial charge in [-0.1, -0.05) is 0 Å². The molecule has 102 valence electrons. The topological polar surface area (TPSA) is 78.6 Å². The van der Waals surface area contributed by atoms with Gasteiger partial charge in [-0.15, -0.1) is 0 Å². The third-order valence-electron chi connectivity index (χ3n) is 2.70.